The summed E-state index contributed by atoms with van der Waals surface area (Å²) in [6.45, 7) is 3.79. The van der Waals surface area contributed by atoms with Crippen molar-refractivity contribution in [3.05, 3.63) is 21.9 Å². The van der Waals surface area contributed by atoms with Crippen LogP contribution in [-0.4, -0.2) is 11.1 Å². The molecule has 1 rings (SSSR count). The minimum Gasteiger partial charge on any atom is -0.481 e. The number of carboxylic acid groups (broad SMARTS) is 1. The third-order valence-corrected chi connectivity index (χ3v) is 3.24. The summed E-state index contributed by atoms with van der Waals surface area (Å²) in [7, 11) is 0. The molecule has 0 radical (unpaired) electrons. The molecule has 0 amide bonds. The Labute approximate surface area is 75.9 Å². The van der Waals surface area contributed by atoms with Crippen molar-refractivity contribution < 1.29 is 9.90 Å². The first-order valence-corrected chi connectivity index (χ1v) is 4.78. The van der Waals surface area contributed by atoms with Gasteiger partial charge in [-0.15, -0.1) is 11.3 Å². The number of carbonyl (C=O) groups is 1. The van der Waals surface area contributed by atoms with E-state index in [0.29, 0.717) is 0 Å². The van der Waals surface area contributed by atoms with Gasteiger partial charge in [0.05, 0.1) is 5.92 Å². The topological polar surface area (TPSA) is 37.3 Å². The van der Waals surface area contributed by atoms with E-state index in [2.05, 4.69) is 6.92 Å². The largest absolute Gasteiger partial charge is 0.481 e. The Kier molecular flexibility index (Phi) is 2.87. The fourth-order valence-corrected chi connectivity index (χ4v) is 1.94. The first kappa shape index (κ1) is 9.26. The van der Waals surface area contributed by atoms with Crippen molar-refractivity contribution in [3.63, 3.8) is 0 Å². The van der Waals surface area contributed by atoms with Gasteiger partial charge in [-0.1, -0.05) is 6.92 Å². The molecule has 0 aliphatic rings. The zero-order valence-corrected chi connectivity index (χ0v) is 8.02. The highest BCUT2D eigenvalue weighted by molar-refractivity contribution is 7.12. The van der Waals surface area contributed by atoms with Gasteiger partial charge in [0.2, 0.25) is 0 Å². The van der Waals surface area contributed by atoms with Gasteiger partial charge in [-0.05, 0) is 25.5 Å². The summed E-state index contributed by atoms with van der Waals surface area (Å²) in [6, 6.07) is 3.90. The molecule has 1 aromatic rings. The lowest BCUT2D eigenvalue weighted by Gasteiger charge is -2.00. The van der Waals surface area contributed by atoms with Crippen LogP contribution in [0.4, 0.5) is 0 Å². The molecule has 66 valence electrons. The quantitative estimate of drug-likeness (QED) is 0.783. The van der Waals surface area contributed by atoms with Crippen molar-refractivity contribution in [2.24, 2.45) is 0 Å². The lowest BCUT2D eigenvalue weighted by atomic mass is 10.1. The first-order chi connectivity index (χ1) is 5.65. The summed E-state index contributed by atoms with van der Waals surface area (Å²) in [5, 5.41) is 8.72. The summed E-state index contributed by atoms with van der Waals surface area (Å²) in [4.78, 5) is 12.8. The van der Waals surface area contributed by atoms with Crippen molar-refractivity contribution in [1.29, 1.82) is 0 Å². The summed E-state index contributed by atoms with van der Waals surface area (Å²) >= 11 is 1.59. The van der Waals surface area contributed by atoms with Gasteiger partial charge in [0.15, 0.2) is 0 Å². The summed E-state index contributed by atoms with van der Waals surface area (Å²) < 4.78 is 0. The highest BCUT2D eigenvalue weighted by Gasteiger charge is 2.14. The Morgan fingerprint density at radius 1 is 1.67 bits per heavy atom. The van der Waals surface area contributed by atoms with Gasteiger partial charge in [-0.3, -0.25) is 4.79 Å². The third-order valence-electron chi connectivity index (χ3n) is 1.83. The van der Waals surface area contributed by atoms with Crippen molar-refractivity contribution >= 4 is 17.3 Å². The van der Waals surface area contributed by atoms with E-state index < -0.39 is 5.97 Å². The Morgan fingerprint density at radius 3 is 2.75 bits per heavy atom. The van der Waals surface area contributed by atoms with Gasteiger partial charge in [0.1, 0.15) is 0 Å². The van der Waals surface area contributed by atoms with Crippen LogP contribution in [0.1, 0.15) is 29.5 Å². The van der Waals surface area contributed by atoms with Crippen LogP contribution in [0.25, 0.3) is 0 Å². The molecule has 12 heavy (non-hydrogen) atoms. The summed E-state index contributed by atoms with van der Waals surface area (Å²) in [5.74, 6) is -1.12. The molecule has 1 atom stereocenters. The van der Waals surface area contributed by atoms with Crippen molar-refractivity contribution in [3.8, 4) is 0 Å². The van der Waals surface area contributed by atoms with Crippen molar-refractivity contribution in [2.45, 2.75) is 26.2 Å². The molecule has 1 aromatic heterocycles. The average Bonchev–Trinajstić information content (AvgIpc) is 2.50. The minimum atomic E-state index is -0.750. The standard InChI is InChI=1S/C9H12O2S/c1-3-7-4-5-8(12-7)6(2)9(10)11/h4-6H,3H2,1-2H3,(H,10,11). The SMILES string of the molecule is CCc1ccc(C(C)C(=O)O)s1. The minimum absolute atomic E-state index is 0.365. The fraction of sp³-hybridized carbons (Fsp3) is 0.444. The molecular formula is C9H12O2S. The van der Waals surface area contributed by atoms with E-state index in [4.69, 9.17) is 5.11 Å². The third kappa shape index (κ3) is 1.85. The van der Waals surface area contributed by atoms with Crippen LogP contribution >= 0.6 is 11.3 Å². The van der Waals surface area contributed by atoms with Gasteiger partial charge in [0.25, 0.3) is 0 Å². The van der Waals surface area contributed by atoms with Crippen molar-refractivity contribution in [2.75, 3.05) is 0 Å². The Hall–Kier alpha value is -0.830. The first-order valence-electron chi connectivity index (χ1n) is 3.96. The van der Waals surface area contributed by atoms with Crippen molar-refractivity contribution in [1.82, 2.24) is 0 Å². The maximum absolute atomic E-state index is 10.6. The van der Waals surface area contributed by atoms with Crippen LogP contribution in [0.2, 0.25) is 0 Å². The predicted octanol–water partition coefficient (Wildman–Crippen LogP) is 2.50. The van der Waals surface area contributed by atoms with E-state index in [1.807, 2.05) is 12.1 Å². The fourth-order valence-electron chi connectivity index (χ4n) is 0.939. The second kappa shape index (κ2) is 3.72. The smallest absolute Gasteiger partial charge is 0.311 e. The molecule has 0 aliphatic carbocycles. The number of thiophene rings is 1. The van der Waals surface area contributed by atoms with E-state index in [9.17, 15) is 4.79 Å². The second-order valence-corrected chi connectivity index (χ2v) is 3.92. The maximum atomic E-state index is 10.6. The van der Waals surface area contributed by atoms with E-state index in [0.717, 1.165) is 11.3 Å². The molecule has 0 aromatic carbocycles. The predicted molar refractivity (Wildman–Crippen MR) is 49.7 cm³/mol. The molecule has 1 heterocycles. The molecule has 2 nitrogen and oxygen atoms in total. The molecular weight excluding hydrogens is 172 g/mol. The zero-order valence-electron chi connectivity index (χ0n) is 7.20. The summed E-state index contributed by atoms with van der Waals surface area (Å²) in [6.07, 6.45) is 0.983. The average molecular weight is 184 g/mol. The van der Waals surface area contributed by atoms with Gasteiger partial charge in [0, 0.05) is 9.75 Å². The molecule has 0 fully saturated rings. The lowest BCUT2D eigenvalue weighted by molar-refractivity contribution is -0.138. The molecule has 0 bridgehead atoms. The number of aryl methyl sites for hydroxylation is 1. The second-order valence-electron chi connectivity index (χ2n) is 2.72. The Morgan fingerprint density at radius 2 is 2.33 bits per heavy atom. The normalized spacial score (nSPS) is 12.8. The van der Waals surface area contributed by atoms with E-state index in [-0.39, 0.29) is 5.92 Å². The van der Waals surface area contributed by atoms with Crippen LogP contribution in [0.3, 0.4) is 0 Å². The number of carboxylic acids is 1. The molecule has 1 unspecified atom stereocenters. The number of aliphatic carboxylic acids is 1. The lowest BCUT2D eigenvalue weighted by Crippen LogP contribution is -2.04. The molecule has 0 saturated heterocycles. The van der Waals surface area contributed by atoms with Gasteiger partial charge < -0.3 is 5.11 Å². The van der Waals surface area contributed by atoms with Crippen LogP contribution in [0.5, 0.6) is 0 Å². The monoisotopic (exact) mass is 184 g/mol. The molecule has 1 N–H and O–H groups in total. The Bertz CT molecular complexity index is 278. The van der Waals surface area contributed by atoms with Crippen LogP contribution in [0.15, 0.2) is 12.1 Å². The molecule has 0 spiro atoms. The number of hydrogen-bond donors (Lipinski definition) is 1. The maximum Gasteiger partial charge on any atom is 0.311 e. The van der Waals surface area contributed by atoms with E-state index >= 15 is 0 Å². The van der Waals surface area contributed by atoms with Gasteiger partial charge >= 0.3 is 5.97 Å². The Balaban J connectivity index is 2.81. The van der Waals surface area contributed by atoms with Crippen LogP contribution < -0.4 is 0 Å². The number of rotatable bonds is 3. The summed E-state index contributed by atoms with van der Waals surface area (Å²) in [5.41, 5.74) is 0. The highest BCUT2D eigenvalue weighted by Crippen LogP contribution is 2.24. The highest BCUT2D eigenvalue weighted by atomic mass is 32.1. The van der Waals surface area contributed by atoms with Gasteiger partial charge in [-0.2, -0.15) is 0 Å². The van der Waals surface area contributed by atoms with E-state index in [1.54, 1.807) is 18.3 Å². The molecule has 3 heteroatoms. The van der Waals surface area contributed by atoms with Crippen LogP contribution in [0, 0.1) is 0 Å². The molecule has 0 aliphatic heterocycles. The zero-order chi connectivity index (χ0) is 9.14. The van der Waals surface area contributed by atoms with E-state index in [1.165, 1.54) is 4.88 Å². The van der Waals surface area contributed by atoms with Gasteiger partial charge in [-0.25, -0.2) is 0 Å². The van der Waals surface area contributed by atoms with Crippen LogP contribution in [-0.2, 0) is 11.2 Å². The molecule has 0 saturated carbocycles. The number of hydrogen-bond acceptors (Lipinski definition) is 2.